The summed E-state index contributed by atoms with van der Waals surface area (Å²) in [6.45, 7) is 2.08. The van der Waals surface area contributed by atoms with E-state index in [9.17, 15) is 0 Å². The highest BCUT2D eigenvalue weighted by Gasteiger charge is 2.13. The van der Waals surface area contributed by atoms with Crippen LogP contribution in [0.25, 0.3) is 10.2 Å². The Hall–Kier alpha value is -1.59. The van der Waals surface area contributed by atoms with Crippen LogP contribution in [0.3, 0.4) is 0 Å². The van der Waals surface area contributed by atoms with Crippen molar-refractivity contribution in [2.75, 3.05) is 5.32 Å². The van der Waals surface area contributed by atoms with Gasteiger partial charge in [0.1, 0.15) is 5.52 Å². The first-order valence-corrected chi connectivity index (χ1v) is 7.17. The molecule has 0 radical (unpaired) electrons. The smallest absolute Gasteiger partial charge is 0.106 e. The van der Waals surface area contributed by atoms with E-state index in [4.69, 9.17) is 11.6 Å². The molecule has 0 spiro atoms. The van der Waals surface area contributed by atoms with E-state index in [0.717, 1.165) is 21.5 Å². The maximum atomic E-state index is 6.28. The molecule has 2 heterocycles. The third-order valence-electron chi connectivity index (χ3n) is 3.04. The zero-order valence-electron chi connectivity index (χ0n) is 10.6. The summed E-state index contributed by atoms with van der Waals surface area (Å²) in [5, 5.41) is 8.30. The molecule has 0 aliphatic heterocycles. The topological polar surface area (TPSA) is 42.7 Å². The van der Waals surface area contributed by atoms with Crippen LogP contribution in [0, 0.1) is 0 Å². The predicted molar refractivity (Wildman–Crippen MR) is 79.9 cm³/mol. The molecule has 0 saturated heterocycles. The molecule has 0 amide bonds. The fraction of sp³-hybridized carbons (Fsp3) is 0.231. The molecule has 0 aliphatic rings. The van der Waals surface area contributed by atoms with E-state index in [-0.39, 0.29) is 6.04 Å². The fourth-order valence-electron chi connectivity index (χ4n) is 2.01. The molecule has 0 fully saturated rings. The zero-order chi connectivity index (χ0) is 13.4. The van der Waals surface area contributed by atoms with Gasteiger partial charge in [0.15, 0.2) is 0 Å². The van der Waals surface area contributed by atoms with Gasteiger partial charge in [0.05, 0.1) is 33.2 Å². The van der Waals surface area contributed by atoms with Gasteiger partial charge in [0.25, 0.3) is 0 Å². The van der Waals surface area contributed by atoms with E-state index in [0.29, 0.717) is 5.02 Å². The Labute approximate surface area is 120 Å². The number of thiazole rings is 1. The van der Waals surface area contributed by atoms with E-state index in [1.165, 1.54) is 0 Å². The molecule has 0 aliphatic carbocycles. The molecule has 1 aromatic carbocycles. The molecular formula is C13H13ClN4S. The highest BCUT2D eigenvalue weighted by atomic mass is 35.5. The van der Waals surface area contributed by atoms with Gasteiger partial charge in [-0.05, 0) is 19.1 Å². The summed E-state index contributed by atoms with van der Waals surface area (Å²) >= 11 is 7.89. The number of rotatable bonds is 3. The number of halogens is 1. The van der Waals surface area contributed by atoms with Gasteiger partial charge in [0.2, 0.25) is 0 Å². The second-order valence-corrected chi connectivity index (χ2v) is 5.73. The van der Waals surface area contributed by atoms with Gasteiger partial charge in [-0.1, -0.05) is 11.6 Å². The normalized spacial score (nSPS) is 12.8. The lowest BCUT2D eigenvalue weighted by Gasteiger charge is -2.15. The number of nitrogens with one attached hydrogen (secondary N) is 1. The zero-order valence-corrected chi connectivity index (χ0v) is 12.2. The Balaban J connectivity index is 1.96. The molecule has 1 unspecified atom stereocenters. The van der Waals surface area contributed by atoms with Crippen LogP contribution < -0.4 is 5.32 Å². The lowest BCUT2D eigenvalue weighted by atomic mass is 10.1. The lowest BCUT2D eigenvalue weighted by Crippen LogP contribution is -2.06. The third-order valence-corrected chi connectivity index (χ3v) is 4.15. The lowest BCUT2D eigenvalue weighted by molar-refractivity contribution is 0.765. The number of aryl methyl sites for hydroxylation is 1. The van der Waals surface area contributed by atoms with Crippen molar-refractivity contribution >= 4 is 38.8 Å². The summed E-state index contributed by atoms with van der Waals surface area (Å²) in [7, 11) is 1.91. The van der Waals surface area contributed by atoms with Crippen LogP contribution >= 0.6 is 22.9 Å². The number of aromatic nitrogens is 3. The van der Waals surface area contributed by atoms with E-state index >= 15 is 0 Å². The van der Waals surface area contributed by atoms with Gasteiger partial charge in [-0.3, -0.25) is 4.68 Å². The van der Waals surface area contributed by atoms with Crippen LogP contribution in [0.4, 0.5) is 5.69 Å². The molecule has 3 aromatic rings. The molecule has 0 saturated carbocycles. The minimum atomic E-state index is 0.124. The number of hydrogen-bond donors (Lipinski definition) is 1. The van der Waals surface area contributed by atoms with Crippen molar-refractivity contribution in [2.45, 2.75) is 13.0 Å². The molecule has 19 heavy (non-hydrogen) atoms. The Morgan fingerprint density at radius 2 is 2.26 bits per heavy atom. The standard InChI is InChI=1S/C13H13ClN4S/c1-8(9-5-16-18(2)6-9)17-12-10(14)3-4-11-13(12)15-7-19-11/h3-8,17H,1-2H3. The van der Waals surface area contributed by atoms with Gasteiger partial charge >= 0.3 is 0 Å². The summed E-state index contributed by atoms with van der Waals surface area (Å²) in [5.74, 6) is 0. The first-order chi connectivity index (χ1) is 9.15. The van der Waals surface area contributed by atoms with Crippen molar-refractivity contribution in [3.63, 3.8) is 0 Å². The summed E-state index contributed by atoms with van der Waals surface area (Å²) in [6, 6.07) is 4.02. The van der Waals surface area contributed by atoms with Crippen molar-refractivity contribution in [1.82, 2.24) is 14.8 Å². The quantitative estimate of drug-likeness (QED) is 0.797. The van der Waals surface area contributed by atoms with E-state index < -0.39 is 0 Å². The Kier molecular flexibility index (Phi) is 3.16. The van der Waals surface area contributed by atoms with Crippen molar-refractivity contribution in [1.29, 1.82) is 0 Å². The van der Waals surface area contributed by atoms with Crippen LogP contribution in [0.2, 0.25) is 5.02 Å². The fourth-order valence-corrected chi connectivity index (χ4v) is 2.90. The van der Waals surface area contributed by atoms with Gasteiger partial charge in [-0.2, -0.15) is 5.10 Å². The molecule has 6 heteroatoms. The van der Waals surface area contributed by atoms with Crippen molar-refractivity contribution < 1.29 is 0 Å². The summed E-state index contributed by atoms with van der Waals surface area (Å²) in [4.78, 5) is 4.38. The molecule has 2 aromatic heterocycles. The SMILES string of the molecule is CC(Nc1c(Cl)ccc2scnc12)c1cnn(C)c1. The number of benzene rings is 1. The Morgan fingerprint density at radius 1 is 1.42 bits per heavy atom. The summed E-state index contributed by atoms with van der Waals surface area (Å²) < 4.78 is 2.92. The van der Waals surface area contributed by atoms with Crippen LogP contribution in [0.15, 0.2) is 30.0 Å². The first kappa shape index (κ1) is 12.4. The molecule has 1 atom stereocenters. The molecule has 1 N–H and O–H groups in total. The third kappa shape index (κ3) is 2.31. The molecule has 98 valence electrons. The van der Waals surface area contributed by atoms with Gasteiger partial charge in [0, 0.05) is 18.8 Å². The molecule has 4 nitrogen and oxygen atoms in total. The molecular weight excluding hydrogens is 280 g/mol. The average Bonchev–Trinajstić information content (AvgIpc) is 3.01. The van der Waals surface area contributed by atoms with Crippen LogP contribution in [0.5, 0.6) is 0 Å². The maximum absolute atomic E-state index is 6.28. The van der Waals surface area contributed by atoms with E-state index in [1.807, 2.05) is 37.1 Å². The summed E-state index contributed by atoms with van der Waals surface area (Å²) in [5.41, 5.74) is 4.76. The van der Waals surface area contributed by atoms with E-state index in [2.05, 4.69) is 22.3 Å². The molecule has 3 rings (SSSR count). The number of hydrogen-bond acceptors (Lipinski definition) is 4. The van der Waals surface area contributed by atoms with Crippen molar-refractivity contribution in [2.24, 2.45) is 7.05 Å². The monoisotopic (exact) mass is 292 g/mol. The molecule has 0 bridgehead atoms. The van der Waals surface area contributed by atoms with Crippen molar-refractivity contribution in [3.8, 4) is 0 Å². The van der Waals surface area contributed by atoms with Gasteiger partial charge in [-0.25, -0.2) is 4.98 Å². The predicted octanol–water partition coefficient (Wildman–Crippen LogP) is 3.86. The Bertz CT molecular complexity index is 718. The second-order valence-electron chi connectivity index (χ2n) is 4.43. The average molecular weight is 293 g/mol. The second kappa shape index (κ2) is 4.83. The first-order valence-electron chi connectivity index (χ1n) is 5.92. The van der Waals surface area contributed by atoms with Crippen LogP contribution in [0.1, 0.15) is 18.5 Å². The maximum Gasteiger partial charge on any atom is 0.106 e. The van der Waals surface area contributed by atoms with Crippen molar-refractivity contribution in [3.05, 3.63) is 40.6 Å². The minimum Gasteiger partial charge on any atom is -0.375 e. The Morgan fingerprint density at radius 3 is 3.00 bits per heavy atom. The summed E-state index contributed by atoms with van der Waals surface area (Å²) in [6.07, 6.45) is 3.85. The van der Waals surface area contributed by atoms with Crippen LogP contribution in [-0.2, 0) is 7.05 Å². The highest BCUT2D eigenvalue weighted by Crippen LogP contribution is 2.34. The van der Waals surface area contributed by atoms with Gasteiger partial charge in [-0.15, -0.1) is 11.3 Å². The van der Waals surface area contributed by atoms with E-state index in [1.54, 1.807) is 16.0 Å². The minimum absolute atomic E-state index is 0.124. The largest absolute Gasteiger partial charge is 0.375 e. The number of fused-ring (bicyclic) bond motifs is 1. The highest BCUT2D eigenvalue weighted by molar-refractivity contribution is 7.16. The number of anilines is 1. The number of nitrogens with zero attached hydrogens (tertiary/aromatic N) is 3. The van der Waals surface area contributed by atoms with Gasteiger partial charge < -0.3 is 5.32 Å². The van der Waals surface area contributed by atoms with Crippen LogP contribution in [-0.4, -0.2) is 14.8 Å².